The van der Waals surface area contributed by atoms with Gasteiger partial charge < -0.3 is 16.0 Å². The molecule has 3 N–H and O–H groups in total. The van der Waals surface area contributed by atoms with Crippen molar-refractivity contribution in [1.82, 2.24) is 10.6 Å². The van der Waals surface area contributed by atoms with Gasteiger partial charge in [-0.15, -0.1) is 0 Å². The summed E-state index contributed by atoms with van der Waals surface area (Å²) in [6, 6.07) is 7.76. The Labute approximate surface area is 124 Å². The van der Waals surface area contributed by atoms with Gasteiger partial charge in [0.25, 0.3) is 0 Å². The molecule has 112 valence electrons. The van der Waals surface area contributed by atoms with E-state index in [9.17, 15) is 9.59 Å². The van der Waals surface area contributed by atoms with E-state index in [1.165, 1.54) is 0 Å². The minimum atomic E-state index is -0.386. The number of anilines is 1. The summed E-state index contributed by atoms with van der Waals surface area (Å²) in [5, 5.41) is 9.12. The van der Waals surface area contributed by atoms with Crippen LogP contribution >= 0.6 is 0 Å². The van der Waals surface area contributed by atoms with Gasteiger partial charge in [0.05, 0.1) is 5.92 Å². The van der Waals surface area contributed by atoms with Gasteiger partial charge in [-0.05, 0) is 37.8 Å². The fraction of sp³-hybridized carbons (Fsp3) is 0.500. The van der Waals surface area contributed by atoms with E-state index in [0.29, 0.717) is 6.54 Å². The Hall–Kier alpha value is -2.04. The Balaban J connectivity index is 1.76. The van der Waals surface area contributed by atoms with E-state index in [4.69, 9.17) is 0 Å². The fourth-order valence-electron chi connectivity index (χ4n) is 3.17. The molecule has 0 aromatic heterocycles. The molecule has 1 aromatic carbocycles. The van der Waals surface area contributed by atoms with Crippen LogP contribution in [0.15, 0.2) is 24.3 Å². The summed E-state index contributed by atoms with van der Waals surface area (Å²) >= 11 is 0. The SMILES string of the molecule is CC1CC(C(=O)NC2CCCNC2=O)c2ccccc2N1. The Bertz CT molecular complexity index is 558. The zero-order valence-corrected chi connectivity index (χ0v) is 12.2. The van der Waals surface area contributed by atoms with E-state index >= 15 is 0 Å². The standard InChI is InChI=1S/C16H21N3O2/c1-10-9-12(11-5-2-3-6-13(11)18-10)15(20)19-14-7-4-8-17-16(14)21/h2-3,5-6,10,12,14,18H,4,7-9H2,1H3,(H,17,21)(H,19,20). The van der Waals surface area contributed by atoms with Gasteiger partial charge in [0.1, 0.15) is 6.04 Å². The molecule has 1 aromatic rings. The van der Waals surface area contributed by atoms with Crippen LogP contribution < -0.4 is 16.0 Å². The molecule has 2 heterocycles. The third-order valence-electron chi connectivity index (χ3n) is 4.25. The van der Waals surface area contributed by atoms with Crippen LogP contribution in [0, 0.1) is 0 Å². The van der Waals surface area contributed by atoms with Gasteiger partial charge in [-0.1, -0.05) is 18.2 Å². The first-order chi connectivity index (χ1) is 10.1. The maximum atomic E-state index is 12.6. The highest BCUT2D eigenvalue weighted by atomic mass is 16.2. The fourth-order valence-corrected chi connectivity index (χ4v) is 3.17. The molecule has 1 saturated heterocycles. The van der Waals surface area contributed by atoms with E-state index < -0.39 is 0 Å². The average molecular weight is 287 g/mol. The summed E-state index contributed by atoms with van der Waals surface area (Å²) in [4.78, 5) is 24.4. The van der Waals surface area contributed by atoms with Crippen molar-refractivity contribution in [2.24, 2.45) is 0 Å². The third-order valence-corrected chi connectivity index (χ3v) is 4.25. The van der Waals surface area contributed by atoms with E-state index in [-0.39, 0.29) is 29.8 Å². The molecule has 0 spiro atoms. The van der Waals surface area contributed by atoms with Crippen LogP contribution in [0.3, 0.4) is 0 Å². The van der Waals surface area contributed by atoms with E-state index in [2.05, 4.69) is 22.9 Å². The summed E-state index contributed by atoms with van der Waals surface area (Å²) < 4.78 is 0. The van der Waals surface area contributed by atoms with E-state index in [0.717, 1.165) is 30.5 Å². The maximum Gasteiger partial charge on any atom is 0.242 e. The van der Waals surface area contributed by atoms with Crippen molar-refractivity contribution in [2.45, 2.75) is 44.2 Å². The molecule has 3 atom stereocenters. The van der Waals surface area contributed by atoms with Crippen molar-refractivity contribution >= 4 is 17.5 Å². The normalized spacial score (nSPS) is 28.0. The third kappa shape index (κ3) is 2.86. The monoisotopic (exact) mass is 287 g/mol. The van der Waals surface area contributed by atoms with Crippen LogP contribution in [0.2, 0.25) is 0 Å². The van der Waals surface area contributed by atoms with Gasteiger partial charge >= 0.3 is 0 Å². The molecule has 0 radical (unpaired) electrons. The largest absolute Gasteiger partial charge is 0.382 e. The number of amides is 2. The molecule has 0 bridgehead atoms. The van der Waals surface area contributed by atoms with Crippen LogP contribution in [-0.2, 0) is 9.59 Å². The van der Waals surface area contributed by atoms with Crippen molar-refractivity contribution in [3.05, 3.63) is 29.8 Å². The number of carbonyl (C=O) groups is 2. The highest BCUT2D eigenvalue weighted by Crippen LogP contribution is 2.34. The minimum absolute atomic E-state index is 0.0437. The number of hydrogen-bond donors (Lipinski definition) is 3. The van der Waals surface area contributed by atoms with E-state index in [1.807, 2.05) is 24.3 Å². The van der Waals surface area contributed by atoms with Crippen molar-refractivity contribution in [2.75, 3.05) is 11.9 Å². The highest BCUT2D eigenvalue weighted by molar-refractivity contribution is 5.92. The molecule has 3 unspecified atom stereocenters. The van der Waals surface area contributed by atoms with Crippen molar-refractivity contribution in [3.8, 4) is 0 Å². The number of piperidine rings is 1. The zero-order chi connectivity index (χ0) is 14.8. The van der Waals surface area contributed by atoms with E-state index in [1.54, 1.807) is 0 Å². The lowest BCUT2D eigenvalue weighted by atomic mass is 9.86. The van der Waals surface area contributed by atoms with Crippen LogP contribution in [0.4, 0.5) is 5.69 Å². The van der Waals surface area contributed by atoms with Gasteiger partial charge in [0, 0.05) is 18.3 Å². The first-order valence-electron chi connectivity index (χ1n) is 7.58. The molecule has 1 fully saturated rings. The summed E-state index contributed by atoms with van der Waals surface area (Å²) in [5.41, 5.74) is 2.04. The van der Waals surface area contributed by atoms with Gasteiger partial charge in [0.15, 0.2) is 0 Å². The average Bonchev–Trinajstić information content (AvgIpc) is 2.48. The molecular weight excluding hydrogens is 266 g/mol. The lowest BCUT2D eigenvalue weighted by Crippen LogP contribution is -2.51. The Morgan fingerprint density at radius 2 is 2.14 bits per heavy atom. The molecule has 3 rings (SSSR count). The molecule has 5 heteroatoms. The predicted octanol–water partition coefficient (Wildman–Crippen LogP) is 1.37. The summed E-state index contributed by atoms with van der Waals surface area (Å²) in [5.74, 6) is -0.296. The zero-order valence-electron chi connectivity index (χ0n) is 12.2. The van der Waals surface area contributed by atoms with Crippen molar-refractivity contribution in [3.63, 3.8) is 0 Å². The molecule has 5 nitrogen and oxygen atoms in total. The van der Waals surface area contributed by atoms with Gasteiger partial charge in [-0.3, -0.25) is 9.59 Å². The predicted molar refractivity (Wildman–Crippen MR) is 81.1 cm³/mol. The Morgan fingerprint density at radius 3 is 2.95 bits per heavy atom. The van der Waals surface area contributed by atoms with Gasteiger partial charge in [-0.25, -0.2) is 0 Å². The van der Waals surface area contributed by atoms with Crippen LogP contribution in [0.1, 0.15) is 37.7 Å². The number of para-hydroxylation sites is 1. The van der Waals surface area contributed by atoms with Crippen molar-refractivity contribution < 1.29 is 9.59 Å². The van der Waals surface area contributed by atoms with Crippen LogP contribution in [0.5, 0.6) is 0 Å². The molecule has 2 amide bonds. The molecule has 0 aliphatic carbocycles. The second kappa shape index (κ2) is 5.76. The van der Waals surface area contributed by atoms with Crippen molar-refractivity contribution in [1.29, 1.82) is 0 Å². The topological polar surface area (TPSA) is 70.2 Å². The second-order valence-electron chi connectivity index (χ2n) is 5.92. The highest BCUT2D eigenvalue weighted by Gasteiger charge is 2.32. The van der Waals surface area contributed by atoms with Crippen LogP contribution in [-0.4, -0.2) is 30.4 Å². The first-order valence-corrected chi connectivity index (χ1v) is 7.58. The maximum absolute atomic E-state index is 12.6. The van der Waals surface area contributed by atoms with Gasteiger partial charge in [0.2, 0.25) is 11.8 Å². The molecule has 21 heavy (non-hydrogen) atoms. The second-order valence-corrected chi connectivity index (χ2v) is 5.92. The summed E-state index contributed by atoms with van der Waals surface area (Å²) in [7, 11) is 0. The number of fused-ring (bicyclic) bond motifs is 1. The number of carbonyl (C=O) groups excluding carboxylic acids is 2. The number of rotatable bonds is 2. The number of nitrogens with one attached hydrogen (secondary N) is 3. The molecular formula is C16H21N3O2. The quantitative estimate of drug-likeness (QED) is 0.769. The Kier molecular flexibility index (Phi) is 3.82. The van der Waals surface area contributed by atoms with Gasteiger partial charge in [-0.2, -0.15) is 0 Å². The Morgan fingerprint density at radius 1 is 1.33 bits per heavy atom. The lowest BCUT2D eigenvalue weighted by Gasteiger charge is -2.32. The number of hydrogen-bond acceptors (Lipinski definition) is 3. The lowest BCUT2D eigenvalue weighted by molar-refractivity contribution is -0.130. The molecule has 2 aliphatic heterocycles. The molecule has 2 aliphatic rings. The number of benzene rings is 1. The first kappa shape index (κ1) is 13.9. The minimum Gasteiger partial charge on any atom is -0.382 e. The molecule has 0 saturated carbocycles. The van der Waals surface area contributed by atoms with Crippen LogP contribution in [0.25, 0.3) is 0 Å². The summed E-state index contributed by atoms with van der Waals surface area (Å²) in [6.45, 7) is 2.78. The summed E-state index contributed by atoms with van der Waals surface area (Å²) in [6.07, 6.45) is 2.38. The smallest absolute Gasteiger partial charge is 0.242 e.